The molecule has 0 aliphatic carbocycles. The molecule has 4 atom stereocenters. The maximum atomic E-state index is 13.5. The van der Waals surface area contributed by atoms with E-state index in [1.54, 1.807) is 14.0 Å². The second-order valence-electron chi connectivity index (χ2n) is 9.42. The lowest BCUT2D eigenvalue weighted by atomic mass is 10.0. The number of carbonyl (C=O) groups is 3. The van der Waals surface area contributed by atoms with Gasteiger partial charge in [0.05, 0.1) is 6.61 Å². The number of fused-ring (bicyclic) bond motifs is 3. The standard InChI is InChI=1S/C26H31N5O5/c1-4-35-21(32)16-31-24(33)22-23(28(3)26(31)34)27-25-29(14-17(2)15-30(22)25)18-10-12-20(13-11-18)36-19-8-6-5-7-9-19/h5-13,17,22-23,25,27H,4,14-16H2,1-3H3. The zero-order valence-electron chi connectivity index (χ0n) is 20.7. The van der Waals surface area contributed by atoms with Gasteiger partial charge >= 0.3 is 12.0 Å². The molecule has 0 saturated carbocycles. The molecule has 0 radical (unpaired) electrons. The van der Waals surface area contributed by atoms with E-state index in [0.29, 0.717) is 6.54 Å². The van der Waals surface area contributed by atoms with E-state index in [-0.39, 0.29) is 31.3 Å². The van der Waals surface area contributed by atoms with Gasteiger partial charge in [0.2, 0.25) is 0 Å². The van der Waals surface area contributed by atoms with Gasteiger partial charge in [-0.25, -0.2) is 4.79 Å². The minimum Gasteiger partial charge on any atom is -0.465 e. The molecule has 3 aliphatic rings. The Morgan fingerprint density at radius 2 is 1.72 bits per heavy atom. The van der Waals surface area contributed by atoms with Crippen LogP contribution in [0.3, 0.4) is 0 Å². The number of rotatable bonds is 6. The van der Waals surface area contributed by atoms with Crippen molar-refractivity contribution >= 4 is 23.6 Å². The second kappa shape index (κ2) is 9.79. The summed E-state index contributed by atoms with van der Waals surface area (Å²) >= 11 is 0. The van der Waals surface area contributed by atoms with Crippen molar-refractivity contribution in [2.45, 2.75) is 32.3 Å². The Hall–Kier alpha value is -3.63. The summed E-state index contributed by atoms with van der Waals surface area (Å²) in [6.07, 6.45) is -0.777. The van der Waals surface area contributed by atoms with E-state index in [2.05, 4.69) is 22.0 Å². The van der Waals surface area contributed by atoms with Gasteiger partial charge in [-0.2, -0.15) is 0 Å². The highest BCUT2D eigenvalue weighted by Gasteiger charge is 2.57. The van der Waals surface area contributed by atoms with Crippen molar-refractivity contribution in [1.29, 1.82) is 0 Å². The lowest BCUT2D eigenvalue weighted by Crippen LogP contribution is -2.67. The predicted molar refractivity (Wildman–Crippen MR) is 132 cm³/mol. The van der Waals surface area contributed by atoms with Crippen molar-refractivity contribution in [2.24, 2.45) is 5.92 Å². The molecule has 2 aromatic carbocycles. The summed E-state index contributed by atoms with van der Waals surface area (Å²) in [4.78, 5) is 45.3. The Labute approximate surface area is 210 Å². The molecule has 3 amide bonds. The Morgan fingerprint density at radius 1 is 1.03 bits per heavy atom. The summed E-state index contributed by atoms with van der Waals surface area (Å²) in [7, 11) is 1.65. The number of nitrogens with zero attached hydrogens (tertiary/aromatic N) is 4. The summed E-state index contributed by atoms with van der Waals surface area (Å²) in [5.41, 5.74) is 0.980. The van der Waals surface area contributed by atoms with Crippen molar-refractivity contribution in [3.05, 3.63) is 54.6 Å². The van der Waals surface area contributed by atoms with Gasteiger partial charge in [0.15, 0.2) is 0 Å². The van der Waals surface area contributed by atoms with E-state index in [1.165, 1.54) is 4.90 Å². The average molecular weight is 494 g/mol. The number of anilines is 1. The number of para-hydroxylation sites is 1. The lowest BCUT2D eigenvalue weighted by Gasteiger charge is -2.45. The number of imide groups is 1. The Bertz CT molecular complexity index is 1130. The van der Waals surface area contributed by atoms with Gasteiger partial charge in [-0.3, -0.25) is 24.7 Å². The Morgan fingerprint density at radius 3 is 2.42 bits per heavy atom. The van der Waals surface area contributed by atoms with Crippen molar-refractivity contribution in [1.82, 2.24) is 20.0 Å². The number of hydrogen-bond acceptors (Lipinski definition) is 8. The largest absolute Gasteiger partial charge is 0.465 e. The molecular formula is C26H31N5O5. The number of likely N-dealkylation sites (N-methyl/N-ethyl adjacent to an activating group) is 1. The SMILES string of the molecule is CCOC(=O)CN1C(=O)C2C(NC3N(c4ccc(Oc5ccccc5)cc4)CC(C)CN23)N(C)C1=O. The topological polar surface area (TPSA) is 94.7 Å². The van der Waals surface area contributed by atoms with Crippen LogP contribution in [-0.4, -0.2) is 84.4 Å². The van der Waals surface area contributed by atoms with Gasteiger partial charge in [0, 0.05) is 25.8 Å². The normalized spacial score (nSPS) is 26.0. The molecule has 36 heavy (non-hydrogen) atoms. The molecule has 5 rings (SSSR count). The van der Waals surface area contributed by atoms with Crippen molar-refractivity contribution in [2.75, 3.05) is 38.2 Å². The molecule has 0 aromatic heterocycles. The quantitative estimate of drug-likeness (QED) is 0.613. The van der Waals surface area contributed by atoms with Crippen molar-refractivity contribution < 1.29 is 23.9 Å². The van der Waals surface area contributed by atoms with Gasteiger partial charge in [0.25, 0.3) is 5.91 Å². The highest BCUT2D eigenvalue weighted by molar-refractivity contribution is 6.02. The minimum absolute atomic E-state index is 0.189. The van der Waals surface area contributed by atoms with Crippen LogP contribution in [0.25, 0.3) is 0 Å². The van der Waals surface area contributed by atoms with Gasteiger partial charge in [0.1, 0.15) is 36.5 Å². The molecule has 3 aliphatic heterocycles. The molecular weight excluding hydrogens is 462 g/mol. The molecule has 4 unspecified atom stereocenters. The summed E-state index contributed by atoms with van der Waals surface area (Å²) in [5, 5.41) is 3.49. The fraction of sp³-hybridized carbons (Fsp3) is 0.423. The molecule has 3 saturated heterocycles. The number of ether oxygens (including phenoxy) is 2. The molecule has 10 heteroatoms. The van der Waals surface area contributed by atoms with Crippen molar-refractivity contribution in [3.8, 4) is 11.5 Å². The number of benzene rings is 2. The zero-order chi connectivity index (χ0) is 25.4. The van der Waals surface area contributed by atoms with E-state index in [4.69, 9.17) is 9.47 Å². The van der Waals surface area contributed by atoms with E-state index < -0.39 is 24.2 Å². The summed E-state index contributed by atoms with van der Waals surface area (Å²) in [5.74, 6) is 0.793. The maximum absolute atomic E-state index is 13.5. The van der Waals surface area contributed by atoms with Gasteiger partial charge in [-0.1, -0.05) is 25.1 Å². The van der Waals surface area contributed by atoms with E-state index in [1.807, 2.05) is 54.6 Å². The third-order valence-corrected chi connectivity index (χ3v) is 6.83. The minimum atomic E-state index is -0.599. The van der Waals surface area contributed by atoms with Crippen molar-refractivity contribution in [3.63, 3.8) is 0 Å². The van der Waals surface area contributed by atoms with E-state index >= 15 is 0 Å². The summed E-state index contributed by atoms with van der Waals surface area (Å²) in [6, 6.07) is 16.4. The number of hydrogen-bond donors (Lipinski definition) is 1. The van der Waals surface area contributed by atoms with Crippen LogP contribution in [0.15, 0.2) is 54.6 Å². The van der Waals surface area contributed by atoms with Crippen LogP contribution < -0.4 is 15.0 Å². The van der Waals surface area contributed by atoms with Crippen LogP contribution in [0.4, 0.5) is 10.5 Å². The second-order valence-corrected chi connectivity index (χ2v) is 9.42. The fourth-order valence-electron chi connectivity index (χ4n) is 5.23. The van der Waals surface area contributed by atoms with Crippen LogP contribution in [0.1, 0.15) is 13.8 Å². The van der Waals surface area contributed by atoms with Gasteiger partial charge in [-0.05, 0) is 49.2 Å². The van der Waals surface area contributed by atoms with E-state index in [9.17, 15) is 14.4 Å². The first kappa shape index (κ1) is 24.1. The third kappa shape index (κ3) is 4.38. The molecule has 190 valence electrons. The first-order valence-corrected chi connectivity index (χ1v) is 12.2. The molecule has 1 N–H and O–H groups in total. The van der Waals surface area contributed by atoms with E-state index in [0.717, 1.165) is 28.6 Å². The number of amides is 3. The summed E-state index contributed by atoms with van der Waals surface area (Å²) in [6.45, 7) is 5.10. The fourth-order valence-corrected chi connectivity index (χ4v) is 5.23. The van der Waals surface area contributed by atoms with Gasteiger partial charge in [-0.15, -0.1) is 0 Å². The highest BCUT2D eigenvalue weighted by atomic mass is 16.5. The van der Waals surface area contributed by atoms with Crippen LogP contribution in [0, 0.1) is 5.92 Å². The number of carbonyl (C=O) groups excluding carboxylic acids is 3. The number of nitrogens with one attached hydrogen (secondary N) is 1. The number of esters is 1. The molecule has 10 nitrogen and oxygen atoms in total. The average Bonchev–Trinajstić information content (AvgIpc) is 3.26. The predicted octanol–water partition coefficient (Wildman–Crippen LogP) is 2.28. The highest BCUT2D eigenvalue weighted by Crippen LogP contribution is 2.35. The Balaban J connectivity index is 1.37. The molecule has 2 aromatic rings. The molecule has 0 spiro atoms. The van der Waals surface area contributed by atoms with Crippen LogP contribution >= 0.6 is 0 Å². The monoisotopic (exact) mass is 493 g/mol. The zero-order valence-corrected chi connectivity index (χ0v) is 20.7. The third-order valence-electron chi connectivity index (χ3n) is 6.83. The first-order chi connectivity index (χ1) is 17.4. The molecule has 3 fully saturated rings. The van der Waals surface area contributed by atoms with Crippen LogP contribution in [0.2, 0.25) is 0 Å². The first-order valence-electron chi connectivity index (χ1n) is 12.2. The number of urea groups is 1. The maximum Gasteiger partial charge on any atom is 0.328 e. The smallest absolute Gasteiger partial charge is 0.328 e. The Kier molecular flexibility index (Phi) is 6.55. The summed E-state index contributed by atoms with van der Waals surface area (Å²) < 4.78 is 10.9. The van der Waals surface area contributed by atoms with Crippen LogP contribution in [-0.2, 0) is 14.3 Å². The van der Waals surface area contributed by atoms with Gasteiger partial charge < -0.3 is 19.3 Å². The molecule has 3 heterocycles. The lowest BCUT2D eigenvalue weighted by molar-refractivity contribution is -0.151. The molecule has 0 bridgehead atoms. The van der Waals surface area contributed by atoms with Crippen LogP contribution in [0.5, 0.6) is 11.5 Å².